The number of likely N-dealkylation sites (tertiary alicyclic amines) is 1. The molecule has 0 bridgehead atoms. The first kappa shape index (κ1) is 14.8. The lowest BCUT2D eigenvalue weighted by Crippen LogP contribution is -2.36. The minimum absolute atomic E-state index is 0.139. The SMILES string of the molecule is Cc1cccc(-c2cn[nH]c2C2CCN(CC(=O)O)CC2)c1. The van der Waals surface area contributed by atoms with Crippen LogP contribution in [-0.4, -0.2) is 45.8 Å². The highest BCUT2D eigenvalue weighted by Crippen LogP contribution is 2.33. The standard InChI is InChI=1S/C17H21N3O2/c1-12-3-2-4-14(9-12)15-10-18-19-17(15)13-5-7-20(8-6-13)11-16(21)22/h2-4,9-10,13H,5-8,11H2,1H3,(H,18,19)(H,21,22). The van der Waals surface area contributed by atoms with Crippen LogP contribution in [0.1, 0.15) is 30.0 Å². The van der Waals surface area contributed by atoms with E-state index in [1.807, 2.05) is 11.1 Å². The summed E-state index contributed by atoms with van der Waals surface area (Å²) in [5, 5.41) is 16.3. The highest BCUT2D eigenvalue weighted by Gasteiger charge is 2.25. The average molecular weight is 299 g/mol. The maximum absolute atomic E-state index is 10.8. The first-order valence-electron chi connectivity index (χ1n) is 7.68. The van der Waals surface area contributed by atoms with Gasteiger partial charge in [-0.3, -0.25) is 14.8 Å². The molecule has 1 aromatic heterocycles. The number of aromatic amines is 1. The number of benzene rings is 1. The van der Waals surface area contributed by atoms with Crippen molar-refractivity contribution in [2.24, 2.45) is 0 Å². The van der Waals surface area contributed by atoms with Crippen LogP contribution in [0.15, 0.2) is 30.5 Å². The summed E-state index contributed by atoms with van der Waals surface area (Å²) in [5.41, 5.74) is 4.78. The molecule has 2 aromatic rings. The van der Waals surface area contributed by atoms with Crippen LogP contribution in [0.2, 0.25) is 0 Å². The first-order valence-corrected chi connectivity index (χ1v) is 7.68. The van der Waals surface area contributed by atoms with E-state index in [0.717, 1.165) is 25.9 Å². The lowest BCUT2D eigenvalue weighted by atomic mass is 9.89. The molecule has 2 heterocycles. The van der Waals surface area contributed by atoms with Gasteiger partial charge in [0.2, 0.25) is 0 Å². The maximum atomic E-state index is 10.8. The van der Waals surface area contributed by atoms with Crippen LogP contribution in [0.4, 0.5) is 0 Å². The molecule has 0 saturated carbocycles. The Bertz CT molecular complexity index is 657. The van der Waals surface area contributed by atoms with Gasteiger partial charge in [0.05, 0.1) is 12.7 Å². The highest BCUT2D eigenvalue weighted by atomic mass is 16.4. The molecule has 22 heavy (non-hydrogen) atoms. The summed E-state index contributed by atoms with van der Waals surface area (Å²) >= 11 is 0. The molecule has 1 aliphatic heterocycles. The largest absolute Gasteiger partial charge is 0.480 e. The van der Waals surface area contributed by atoms with Gasteiger partial charge in [0.25, 0.3) is 0 Å². The minimum atomic E-state index is -0.750. The topological polar surface area (TPSA) is 69.2 Å². The molecule has 0 unspecified atom stereocenters. The maximum Gasteiger partial charge on any atom is 0.317 e. The highest BCUT2D eigenvalue weighted by molar-refractivity contribution is 5.69. The molecule has 0 radical (unpaired) electrons. The predicted octanol–water partition coefficient (Wildman–Crippen LogP) is 2.65. The van der Waals surface area contributed by atoms with Gasteiger partial charge in [0.15, 0.2) is 0 Å². The number of rotatable bonds is 4. The molecular weight excluding hydrogens is 278 g/mol. The summed E-state index contributed by atoms with van der Waals surface area (Å²) in [5.74, 6) is -0.330. The molecule has 1 aromatic carbocycles. The second-order valence-corrected chi connectivity index (χ2v) is 6.01. The van der Waals surface area contributed by atoms with Gasteiger partial charge in [0, 0.05) is 17.2 Å². The first-order chi connectivity index (χ1) is 10.6. The molecule has 5 nitrogen and oxygen atoms in total. The van der Waals surface area contributed by atoms with Crippen LogP contribution in [0.5, 0.6) is 0 Å². The number of H-pyrrole nitrogens is 1. The summed E-state index contributed by atoms with van der Waals surface area (Å²) < 4.78 is 0. The monoisotopic (exact) mass is 299 g/mol. The molecule has 5 heteroatoms. The zero-order valence-corrected chi connectivity index (χ0v) is 12.7. The van der Waals surface area contributed by atoms with E-state index in [-0.39, 0.29) is 6.54 Å². The van der Waals surface area contributed by atoms with Gasteiger partial charge in [-0.15, -0.1) is 0 Å². The second-order valence-electron chi connectivity index (χ2n) is 6.01. The van der Waals surface area contributed by atoms with Gasteiger partial charge in [-0.25, -0.2) is 0 Å². The van der Waals surface area contributed by atoms with Crippen molar-refractivity contribution in [3.05, 3.63) is 41.7 Å². The van der Waals surface area contributed by atoms with E-state index in [1.165, 1.54) is 22.4 Å². The van der Waals surface area contributed by atoms with Crippen molar-refractivity contribution >= 4 is 5.97 Å². The number of hydrogen-bond donors (Lipinski definition) is 2. The molecule has 3 rings (SSSR count). The van der Waals surface area contributed by atoms with E-state index >= 15 is 0 Å². The molecule has 0 spiro atoms. The quantitative estimate of drug-likeness (QED) is 0.910. The molecule has 0 amide bonds. The predicted molar refractivity (Wildman–Crippen MR) is 84.8 cm³/mol. The van der Waals surface area contributed by atoms with Crippen LogP contribution in [0, 0.1) is 6.92 Å². The summed E-state index contributed by atoms with van der Waals surface area (Å²) in [6.45, 7) is 3.88. The zero-order chi connectivity index (χ0) is 15.5. The third-order valence-electron chi connectivity index (χ3n) is 4.35. The van der Waals surface area contributed by atoms with Gasteiger partial charge in [-0.05, 0) is 38.4 Å². The van der Waals surface area contributed by atoms with Gasteiger partial charge < -0.3 is 5.11 Å². The van der Waals surface area contributed by atoms with E-state index in [9.17, 15) is 4.79 Å². The van der Waals surface area contributed by atoms with E-state index in [4.69, 9.17) is 5.11 Å². The van der Waals surface area contributed by atoms with Crippen LogP contribution < -0.4 is 0 Å². The van der Waals surface area contributed by atoms with E-state index in [2.05, 4.69) is 41.4 Å². The number of carboxylic acids is 1. The number of hydrogen-bond acceptors (Lipinski definition) is 3. The van der Waals surface area contributed by atoms with Gasteiger partial charge in [-0.1, -0.05) is 29.8 Å². The van der Waals surface area contributed by atoms with E-state index in [1.54, 1.807) is 0 Å². The van der Waals surface area contributed by atoms with Crippen molar-refractivity contribution in [1.82, 2.24) is 15.1 Å². The van der Waals surface area contributed by atoms with E-state index < -0.39 is 5.97 Å². The Labute approximate surface area is 130 Å². The molecule has 1 aliphatic rings. The van der Waals surface area contributed by atoms with Crippen LogP contribution in [-0.2, 0) is 4.79 Å². The van der Waals surface area contributed by atoms with Gasteiger partial charge >= 0.3 is 5.97 Å². The third-order valence-corrected chi connectivity index (χ3v) is 4.35. The Morgan fingerprint density at radius 1 is 1.41 bits per heavy atom. The van der Waals surface area contributed by atoms with Crippen molar-refractivity contribution in [1.29, 1.82) is 0 Å². The van der Waals surface area contributed by atoms with Crippen LogP contribution in [0.25, 0.3) is 11.1 Å². The number of carboxylic acid groups (broad SMARTS) is 1. The Hall–Kier alpha value is -2.14. The lowest BCUT2D eigenvalue weighted by Gasteiger charge is -2.30. The summed E-state index contributed by atoms with van der Waals surface area (Å²) in [6.07, 6.45) is 3.83. The minimum Gasteiger partial charge on any atom is -0.480 e. The number of aliphatic carboxylic acids is 1. The second kappa shape index (κ2) is 6.32. The van der Waals surface area contributed by atoms with Crippen LogP contribution in [0.3, 0.4) is 0 Å². The van der Waals surface area contributed by atoms with Gasteiger partial charge in [-0.2, -0.15) is 5.10 Å². The molecule has 116 valence electrons. The fourth-order valence-electron chi connectivity index (χ4n) is 3.22. The van der Waals surface area contributed by atoms with E-state index in [0.29, 0.717) is 5.92 Å². The number of carbonyl (C=O) groups is 1. The van der Waals surface area contributed by atoms with Crippen LogP contribution >= 0.6 is 0 Å². The Kier molecular flexibility index (Phi) is 4.24. The lowest BCUT2D eigenvalue weighted by molar-refractivity contribution is -0.138. The normalized spacial score (nSPS) is 16.8. The fraction of sp³-hybridized carbons (Fsp3) is 0.412. The molecule has 2 N–H and O–H groups in total. The number of nitrogens with one attached hydrogen (secondary N) is 1. The van der Waals surface area contributed by atoms with Crippen molar-refractivity contribution in [3.8, 4) is 11.1 Å². The van der Waals surface area contributed by atoms with Gasteiger partial charge in [0.1, 0.15) is 0 Å². The Morgan fingerprint density at radius 3 is 2.86 bits per heavy atom. The number of piperidine rings is 1. The number of aromatic nitrogens is 2. The zero-order valence-electron chi connectivity index (χ0n) is 12.7. The molecule has 0 atom stereocenters. The molecular formula is C17H21N3O2. The average Bonchev–Trinajstić information content (AvgIpc) is 2.97. The Morgan fingerprint density at radius 2 is 2.18 bits per heavy atom. The summed E-state index contributed by atoms with van der Waals surface area (Å²) in [6, 6.07) is 8.44. The fourth-order valence-corrected chi connectivity index (χ4v) is 3.22. The van der Waals surface area contributed by atoms with Crippen molar-refractivity contribution < 1.29 is 9.90 Å². The third kappa shape index (κ3) is 3.20. The van der Waals surface area contributed by atoms with Crippen molar-refractivity contribution in [3.63, 3.8) is 0 Å². The number of nitrogens with zero attached hydrogens (tertiary/aromatic N) is 2. The Balaban J connectivity index is 1.75. The summed E-state index contributed by atoms with van der Waals surface area (Å²) in [4.78, 5) is 12.8. The van der Waals surface area contributed by atoms with Crippen molar-refractivity contribution in [2.45, 2.75) is 25.7 Å². The number of aryl methyl sites for hydroxylation is 1. The smallest absolute Gasteiger partial charge is 0.317 e. The molecule has 0 aliphatic carbocycles. The molecule has 1 saturated heterocycles. The molecule has 1 fully saturated rings. The summed E-state index contributed by atoms with van der Waals surface area (Å²) in [7, 11) is 0. The van der Waals surface area contributed by atoms with Crippen molar-refractivity contribution in [2.75, 3.05) is 19.6 Å².